The minimum absolute atomic E-state index is 0.0233. The molecule has 0 saturated carbocycles. The zero-order chi connectivity index (χ0) is 24.1. The minimum atomic E-state index is -0.0233. The summed E-state index contributed by atoms with van der Waals surface area (Å²) in [5.41, 5.74) is 3.20. The fourth-order valence-electron chi connectivity index (χ4n) is 5.35. The van der Waals surface area contributed by atoms with Crippen molar-refractivity contribution in [2.75, 3.05) is 25.5 Å². The third-order valence-electron chi connectivity index (χ3n) is 7.42. The molecule has 3 aromatic heterocycles. The number of aromatic nitrogens is 4. The second-order valence-corrected chi connectivity index (χ2v) is 10.6. The van der Waals surface area contributed by atoms with Crippen LogP contribution in [0.4, 0.5) is 11.5 Å². The number of hydrogen-bond donors (Lipinski definition) is 2. The molecule has 0 spiro atoms. The summed E-state index contributed by atoms with van der Waals surface area (Å²) < 4.78 is 0. The smallest absolute Gasteiger partial charge is 0.226 e. The van der Waals surface area contributed by atoms with Crippen LogP contribution < -0.4 is 5.32 Å². The van der Waals surface area contributed by atoms with E-state index in [1.165, 1.54) is 10.4 Å². The molecule has 1 saturated heterocycles. The van der Waals surface area contributed by atoms with E-state index >= 15 is 0 Å². The lowest BCUT2D eigenvalue weighted by atomic mass is 9.87. The molecule has 4 aromatic rings. The summed E-state index contributed by atoms with van der Waals surface area (Å²) in [6, 6.07) is 6.17. The molecule has 0 bridgehead atoms. The van der Waals surface area contributed by atoms with Gasteiger partial charge in [0, 0.05) is 48.9 Å². The molecule has 1 aliphatic heterocycles. The molecular formula is C25H27N7O2S. The lowest BCUT2D eigenvalue weighted by molar-refractivity contribution is -0.136. The number of likely N-dealkylation sites (N-methyl/N-ethyl adjacent to an activating group) is 1. The number of H-pyrrole nitrogens is 1. The van der Waals surface area contributed by atoms with Crippen LogP contribution in [0.2, 0.25) is 0 Å². The maximum Gasteiger partial charge on any atom is 0.226 e. The van der Waals surface area contributed by atoms with Gasteiger partial charge in [-0.1, -0.05) is 0 Å². The number of benzene rings is 1. The second-order valence-electron chi connectivity index (χ2n) is 9.50. The van der Waals surface area contributed by atoms with E-state index in [1.807, 2.05) is 30.1 Å². The van der Waals surface area contributed by atoms with Crippen molar-refractivity contribution >= 4 is 55.8 Å². The zero-order valence-corrected chi connectivity index (χ0v) is 20.6. The first-order chi connectivity index (χ1) is 17.0. The number of carbonyl (C=O) groups excluding carboxylic acids is 2. The van der Waals surface area contributed by atoms with Gasteiger partial charge in [-0.2, -0.15) is 5.10 Å². The molecule has 1 aromatic carbocycles. The number of likely N-dealkylation sites (tertiary alicyclic amines) is 1. The molecule has 2 amide bonds. The average molecular weight is 490 g/mol. The number of thiophene rings is 1. The number of anilines is 2. The Labute approximate surface area is 206 Å². The molecule has 35 heavy (non-hydrogen) atoms. The van der Waals surface area contributed by atoms with Crippen LogP contribution in [0.15, 0.2) is 30.7 Å². The Morgan fingerprint density at radius 1 is 1.26 bits per heavy atom. The highest BCUT2D eigenvalue weighted by atomic mass is 32.1. The number of aromatic amines is 1. The van der Waals surface area contributed by atoms with Gasteiger partial charge in [-0.05, 0) is 49.4 Å². The largest absolute Gasteiger partial charge is 0.341 e. The van der Waals surface area contributed by atoms with Gasteiger partial charge < -0.3 is 15.1 Å². The van der Waals surface area contributed by atoms with Crippen molar-refractivity contribution < 1.29 is 9.59 Å². The molecule has 180 valence electrons. The fraction of sp³-hybridized carbons (Fsp3) is 0.400. The Bertz CT molecular complexity index is 1440. The van der Waals surface area contributed by atoms with Crippen LogP contribution in [0.3, 0.4) is 0 Å². The van der Waals surface area contributed by atoms with E-state index in [2.05, 4.69) is 25.5 Å². The van der Waals surface area contributed by atoms with Crippen molar-refractivity contribution in [1.29, 1.82) is 0 Å². The molecule has 0 radical (unpaired) electrons. The Kier molecular flexibility index (Phi) is 5.40. The standard InChI is InChI=1S/C25H27N7O2S/c1-14(33)31(2)18-7-8-32(12-18)25(34)15-3-5-19-21(10-15)35-24-22(19)23(26-13-27-24)29-17-4-6-20-16(9-17)11-28-30-20/h4,6,9,11,13,15,18H,3,5,7-8,10,12H2,1-2H3,(H,28,30)(H,26,27,29)/t15-,18?/m0/s1. The third kappa shape index (κ3) is 3.91. The quantitative estimate of drug-likeness (QED) is 0.454. The molecule has 2 aliphatic rings. The first-order valence-corrected chi connectivity index (χ1v) is 12.8. The average Bonchev–Trinajstić information content (AvgIpc) is 3.60. The van der Waals surface area contributed by atoms with Gasteiger partial charge in [-0.25, -0.2) is 9.97 Å². The van der Waals surface area contributed by atoms with Crippen molar-refractivity contribution in [2.24, 2.45) is 5.92 Å². The first-order valence-electron chi connectivity index (χ1n) is 12.0. The Hall–Kier alpha value is -3.53. The van der Waals surface area contributed by atoms with E-state index < -0.39 is 0 Å². The second kappa shape index (κ2) is 8.60. The van der Waals surface area contributed by atoms with Crippen LogP contribution in [-0.2, 0) is 22.4 Å². The number of nitrogens with one attached hydrogen (secondary N) is 2. The molecule has 2 atom stereocenters. The predicted molar refractivity (Wildman–Crippen MR) is 136 cm³/mol. The van der Waals surface area contributed by atoms with E-state index in [4.69, 9.17) is 0 Å². The Balaban J connectivity index is 1.22. The summed E-state index contributed by atoms with van der Waals surface area (Å²) in [6.07, 6.45) is 6.63. The normalized spacial score (nSPS) is 19.8. The van der Waals surface area contributed by atoms with Gasteiger partial charge in [0.25, 0.3) is 0 Å². The van der Waals surface area contributed by atoms with E-state index in [1.54, 1.807) is 35.7 Å². The Morgan fingerprint density at radius 3 is 3.00 bits per heavy atom. The SMILES string of the molecule is CC(=O)N(C)C1CCN(C(=O)[C@H]2CCc3c(sc4ncnc(Nc5ccc6[nH]ncc6c5)c34)C2)C1. The molecule has 4 heterocycles. The molecule has 1 aliphatic carbocycles. The van der Waals surface area contributed by atoms with E-state index in [-0.39, 0.29) is 23.8 Å². The van der Waals surface area contributed by atoms with Gasteiger partial charge in [0.2, 0.25) is 11.8 Å². The number of aryl methyl sites for hydroxylation is 1. The molecule has 10 heteroatoms. The lowest BCUT2D eigenvalue weighted by Crippen LogP contribution is -2.41. The van der Waals surface area contributed by atoms with Crippen molar-refractivity contribution in [3.05, 3.63) is 41.2 Å². The summed E-state index contributed by atoms with van der Waals surface area (Å²) in [6.45, 7) is 2.93. The van der Waals surface area contributed by atoms with Crippen LogP contribution in [0.25, 0.3) is 21.1 Å². The third-order valence-corrected chi connectivity index (χ3v) is 8.58. The molecule has 1 unspecified atom stereocenters. The van der Waals surface area contributed by atoms with Gasteiger partial charge in [0.05, 0.1) is 23.1 Å². The highest BCUT2D eigenvalue weighted by molar-refractivity contribution is 7.19. The molecular weight excluding hydrogens is 462 g/mol. The number of amides is 2. The molecule has 2 N–H and O–H groups in total. The van der Waals surface area contributed by atoms with Crippen LogP contribution >= 0.6 is 11.3 Å². The zero-order valence-electron chi connectivity index (χ0n) is 19.7. The van der Waals surface area contributed by atoms with Crippen LogP contribution in [0, 0.1) is 5.92 Å². The summed E-state index contributed by atoms with van der Waals surface area (Å²) in [5, 5.41) is 12.6. The van der Waals surface area contributed by atoms with Crippen molar-refractivity contribution in [2.45, 2.75) is 38.6 Å². The summed E-state index contributed by atoms with van der Waals surface area (Å²) in [4.78, 5) is 40.1. The molecule has 1 fully saturated rings. The number of carbonyl (C=O) groups is 2. The van der Waals surface area contributed by atoms with Crippen molar-refractivity contribution in [1.82, 2.24) is 30.0 Å². The monoisotopic (exact) mass is 489 g/mol. The number of rotatable bonds is 4. The summed E-state index contributed by atoms with van der Waals surface area (Å²) in [7, 11) is 1.82. The van der Waals surface area contributed by atoms with Crippen molar-refractivity contribution in [3.8, 4) is 0 Å². The molecule has 9 nitrogen and oxygen atoms in total. The lowest BCUT2D eigenvalue weighted by Gasteiger charge is -2.28. The summed E-state index contributed by atoms with van der Waals surface area (Å²) >= 11 is 1.67. The van der Waals surface area contributed by atoms with Gasteiger partial charge in [0.1, 0.15) is 17.0 Å². The van der Waals surface area contributed by atoms with E-state index in [0.29, 0.717) is 6.54 Å². The maximum absolute atomic E-state index is 13.3. The maximum atomic E-state index is 13.3. The topological polar surface area (TPSA) is 107 Å². The van der Waals surface area contributed by atoms with Crippen LogP contribution in [0.1, 0.15) is 30.2 Å². The van der Waals surface area contributed by atoms with Crippen LogP contribution in [-0.4, -0.2) is 68.0 Å². The molecule has 6 rings (SSSR count). The highest BCUT2D eigenvalue weighted by Crippen LogP contribution is 2.41. The Morgan fingerprint density at radius 2 is 2.14 bits per heavy atom. The number of fused-ring (bicyclic) bond motifs is 4. The highest BCUT2D eigenvalue weighted by Gasteiger charge is 2.36. The van der Waals surface area contributed by atoms with E-state index in [0.717, 1.165) is 64.9 Å². The minimum Gasteiger partial charge on any atom is -0.341 e. The first kappa shape index (κ1) is 22.0. The van der Waals surface area contributed by atoms with Gasteiger partial charge >= 0.3 is 0 Å². The fourth-order valence-corrected chi connectivity index (χ4v) is 6.61. The van der Waals surface area contributed by atoms with Gasteiger partial charge in [0.15, 0.2) is 0 Å². The van der Waals surface area contributed by atoms with E-state index in [9.17, 15) is 9.59 Å². The number of hydrogen-bond acceptors (Lipinski definition) is 7. The van der Waals surface area contributed by atoms with Crippen molar-refractivity contribution in [3.63, 3.8) is 0 Å². The number of nitrogens with zero attached hydrogens (tertiary/aromatic N) is 5. The van der Waals surface area contributed by atoms with Crippen LogP contribution in [0.5, 0.6) is 0 Å². The van der Waals surface area contributed by atoms with Gasteiger partial charge in [-0.15, -0.1) is 11.3 Å². The summed E-state index contributed by atoms with van der Waals surface area (Å²) in [5.74, 6) is 1.04. The van der Waals surface area contributed by atoms with Gasteiger partial charge in [-0.3, -0.25) is 14.7 Å². The predicted octanol–water partition coefficient (Wildman–Crippen LogP) is 3.50.